The molecule has 0 aliphatic heterocycles. The second kappa shape index (κ2) is 8.53. The Morgan fingerprint density at radius 2 is 1.86 bits per heavy atom. The maximum Gasteiger partial charge on any atom is 0.0159 e. The number of nitrogens with one attached hydrogen (secondary N) is 1. The fraction of sp³-hybridized carbons (Fsp3) is 1.00. The molecule has 0 saturated heterocycles. The van der Waals surface area contributed by atoms with Gasteiger partial charge in [-0.15, -0.1) is 0 Å². The molecule has 2 atom stereocenters. The molecule has 1 fully saturated rings. The summed E-state index contributed by atoms with van der Waals surface area (Å²) in [4.78, 5) is 2.71. The van der Waals surface area contributed by atoms with Gasteiger partial charge in [-0.25, -0.2) is 0 Å². The molecule has 2 heteroatoms. The minimum Gasteiger partial charge on any atom is -0.313 e. The lowest BCUT2D eigenvalue weighted by Gasteiger charge is -2.47. The van der Waals surface area contributed by atoms with E-state index in [2.05, 4.69) is 58.7 Å². The number of hydrogen-bond donors (Lipinski definition) is 1. The van der Waals surface area contributed by atoms with Crippen LogP contribution in [0.15, 0.2) is 0 Å². The Balaban J connectivity index is 2.75. The molecule has 1 aliphatic carbocycles. The largest absolute Gasteiger partial charge is 0.313 e. The van der Waals surface area contributed by atoms with Crippen LogP contribution in [-0.4, -0.2) is 36.6 Å². The molecule has 21 heavy (non-hydrogen) atoms. The Morgan fingerprint density at radius 1 is 1.19 bits per heavy atom. The van der Waals surface area contributed by atoms with Crippen LogP contribution in [-0.2, 0) is 0 Å². The predicted octanol–water partition coefficient (Wildman–Crippen LogP) is 4.55. The van der Waals surface area contributed by atoms with Crippen molar-refractivity contribution in [3.8, 4) is 0 Å². The van der Waals surface area contributed by atoms with Gasteiger partial charge in [0, 0.05) is 25.2 Å². The van der Waals surface area contributed by atoms with E-state index in [4.69, 9.17) is 0 Å². The highest BCUT2D eigenvalue weighted by molar-refractivity contribution is 4.94. The molecule has 0 aromatic heterocycles. The zero-order valence-electron chi connectivity index (χ0n) is 15.7. The molecule has 0 spiro atoms. The SMILES string of the molecule is CCCNC1C(CN(CC(C)C)C(C)C)CCCC1(C)C. The first-order valence-electron chi connectivity index (χ1n) is 9.25. The van der Waals surface area contributed by atoms with Gasteiger partial charge in [-0.05, 0) is 56.9 Å². The van der Waals surface area contributed by atoms with Crippen LogP contribution in [0.5, 0.6) is 0 Å². The summed E-state index contributed by atoms with van der Waals surface area (Å²) in [6, 6.07) is 1.34. The molecule has 0 amide bonds. The highest BCUT2D eigenvalue weighted by atomic mass is 15.2. The first kappa shape index (κ1) is 19.0. The normalized spacial score (nSPS) is 26.0. The summed E-state index contributed by atoms with van der Waals surface area (Å²) in [6.07, 6.45) is 5.40. The second-order valence-electron chi connectivity index (χ2n) is 8.51. The highest BCUT2D eigenvalue weighted by Crippen LogP contribution is 2.39. The summed E-state index contributed by atoms with van der Waals surface area (Å²) in [5, 5.41) is 3.88. The number of nitrogens with zero attached hydrogens (tertiary/aromatic N) is 1. The first-order chi connectivity index (χ1) is 9.77. The van der Waals surface area contributed by atoms with Crippen LogP contribution >= 0.6 is 0 Å². The summed E-state index contributed by atoms with van der Waals surface area (Å²) >= 11 is 0. The van der Waals surface area contributed by atoms with Crippen LogP contribution in [0.4, 0.5) is 0 Å². The van der Waals surface area contributed by atoms with Crippen molar-refractivity contribution >= 4 is 0 Å². The van der Waals surface area contributed by atoms with E-state index in [-0.39, 0.29) is 0 Å². The van der Waals surface area contributed by atoms with E-state index in [0.29, 0.717) is 17.5 Å². The molecule has 126 valence electrons. The average molecular weight is 297 g/mol. The standard InChI is InChI=1S/C19H40N2/c1-8-12-20-18-17(10-9-11-19(18,6)7)14-21(16(4)5)13-15(2)3/h15-18,20H,8-14H2,1-7H3. The summed E-state index contributed by atoms with van der Waals surface area (Å²) in [7, 11) is 0. The molecule has 0 radical (unpaired) electrons. The Morgan fingerprint density at radius 3 is 2.38 bits per heavy atom. The third kappa shape index (κ3) is 5.90. The van der Waals surface area contributed by atoms with Gasteiger partial charge >= 0.3 is 0 Å². The Labute approximate surface area is 134 Å². The Hall–Kier alpha value is -0.0800. The van der Waals surface area contributed by atoms with Crippen molar-refractivity contribution in [2.24, 2.45) is 17.3 Å². The minimum atomic E-state index is 0.443. The van der Waals surface area contributed by atoms with E-state index in [0.717, 1.165) is 18.4 Å². The molecule has 1 saturated carbocycles. The van der Waals surface area contributed by atoms with E-state index in [1.54, 1.807) is 0 Å². The number of rotatable bonds is 8. The fourth-order valence-electron chi connectivity index (χ4n) is 3.99. The van der Waals surface area contributed by atoms with Crippen molar-refractivity contribution in [1.82, 2.24) is 10.2 Å². The van der Waals surface area contributed by atoms with Gasteiger partial charge in [-0.1, -0.05) is 41.0 Å². The minimum absolute atomic E-state index is 0.443. The van der Waals surface area contributed by atoms with Gasteiger partial charge in [0.1, 0.15) is 0 Å². The van der Waals surface area contributed by atoms with Gasteiger partial charge in [-0.3, -0.25) is 0 Å². The lowest BCUT2D eigenvalue weighted by atomic mass is 9.67. The second-order valence-corrected chi connectivity index (χ2v) is 8.51. The van der Waals surface area contributed by atoms with Gasteiger partial charge < -0.3 is 10.2 Å². The molecule has 0 aromatic carbocycles. The molecule has 1 N–H and O–H groups in total. The van der Waals surface area contributed by atoms with Gasteiger partial charge in [0.2, 0.25) is 0 Å². The molecule has 0 bridgehead atoms. The molecular weight excluding hydrogens is 256 g/mol. The fourth-order valence-corrected chi connectivity index (χ4v) is 3.99. The third-order valence-electron chi connectivity index (χ3n) is 5.12. The van der Waals surface area contributed by atoms with Crippen molar-refractivity contribution < 1.29 is 0 Å². The van der Waals surface area contributed by atoms with Crippen LogP contribution in [0.2, 0.25) is 0 Å². The summed E-state index contributed by atoms with van der Waals surface area (Å²) in [5.41, 5.74) is 0.443. The smallest absolute Gasteiger partial charge is 0.0159 e. The maximum atomic E-state index is 3.88. The zero-order chi connectivity index (χ0) is 16.0. The van der Waals surface area contributed by atoms with Crippen LogP contribution in [0, 0.1) is 17.3 Å². The maximum absolute atomic E-state index is 3.88. The van der Waals surface area contributed by atoms with E-state index in [1.165, 1.54) is 38.8 Å². The lowest BCUT2D eigenvalue weighted by molar-refractivity contribution is 0.0650. The van der Waals surface area contributed by atoms with Crippen LogP contribution in [0.1, 0.15) is 74.1 Å². The van der Waals surface area contributed by atoms with Gasteiger partial charge in [0.05, 0.1) is 0 Å². The van der Waals surface area contributed by atoms with Crippen molar-refractivity contribution in [1.29, 1.82) is 0 Å². The third-order valence-corrected chi connectivity index (χ3v) is 5.12. The highest BCUT2D eigenvalue weighted by Gasteiger charge is 2.39. The molecule has 0 heterocycles. The van der Waals surface area contributed by atoms with E-state index in [9.17, 15) is 0 Å². The molecule has 1 aliphatic rings. The molecular formula is C19H40N2. The quantitative estimate of drug-likeness (QED) is 0.707. The Bertz CT molecular complexity index is 283. The van der Waals surface area contributed by atoms with E-state index < -0.39 is 0 Å². The van der Waals surface area contributed by atoms with Gasteiger partial charge in [0.25, 0.3) is 0 Å². The molecule has 1 rings (SSSR count). The zero-order valence-corrected chi connectivity index (χ0v) is 15.7. The monoisotopic (exact) mass is 296 g/mol. The molecule has 2 nitrogen and oxygen atoms in total. The van der Waals surface area contributed by atoms with Gasteiger partial charge in [-0.2, -0.15) is 0 Å². The summed E-state index contributed by atoms with van der Waals surface area (Å²) in [5.74, 6) is 1.56. The van der Waals surface area contributed by atoms with Crippen molar-refractivity contribution in [2.45, 2.75) is 86.2 Å². The first-order valence-corrected chi connectivity index (χ1v) is 9.25. The van der Waals surface area contributed by atoms with Crippen molar-refractivity contribution in [2.75, 3.05) is 19.6 Å². The van der Waals surface area contributed by atoms with Crippen LogP contribution in [0.25, 0.3) is 0 Å². The van der Waals surface area contributed by atoms with E-state index >= 15 is 0 Å². The summed E-state index contributed by atoms with van der Waals surface area (Å²) in [6.45, 7) is 20.3. The van der Waals surface area contributed by atoms with Crippen molar-refractivity contribution in [3.05, 3.63) is 0 Å². The van der Waals surface area contributed by atoms with Gasteiger partial charge in [0.15, 0.2) is 0 Å². The molecule has 2 unspecified atom stereocenters. The average Bonchev–Trinajstić information content (AvgIpc) is 2.35. The van der Waals surface area contributed by atoms with Crippen LogP contribution in [0.3, 0.4) is 0 Å². The van der Waals surface area contributed by atoms with Crippen molar-refractivity contribution in [3.63, 3.8) is 0 Å². The topological polar surface area (TPSA) is 15.3 Å². The van der Waals surface area contributed by atoms with E-state index in [1.807, 2.05) is 0 Å². The predicted molar refractivity (Wildman–Crippen MR) is 94.8 cm³/mol. The number of hydrogen-bond acceptors (Lipinski definition) is 2. The Kier molecular flexibility index (Phi) is 7.70. The summed E-state index contributed by atoms with van der Waals surface area (Å²) < 4.78 is 0. The molecule has 0 aromatic rings. The van der Waals surface area contributed by atoms with Crippen LogP contribution < -0.4 is 5.32 Å². The lowest BCUT2D eigenvalue weighted by Crippen LogP contribution is -2.54.